The molecule has 0 aliphatic carbocycles. The van der Waals surface area contributed by atoms with Gasteiger partial charge in [0.2, 0.25) is 0 Å². The maximum Gasteiger partial charge on any atom is 0.124 e. The van der Waals surface area contributed by atoms with Crippen LogP contribution in [-0.4, -0.2) is 58.1 Å². The third kappa shape index (κ3) is 32.2. The molecule has 2 rings (SSSR count). The normalized spacial score (nSPS) is 11.8. The van der Waals surface area contributed by atoms with Gasteiger partial charge in [-0.1, -0.05) is 185 Å². The molecule has 0 fully saturated rings. The van der Waals surface area contributed by atoms with Crippen LogP contribution >= 0.6 is 0 Å². The quantitative estimate of drug-likeness (QED) is 0.0482. The van der Waals surface area contributed by atoms with E-state index in [2.05, 4.69) is 35.0 Å². The SMILES string of the molecule is CCCCCCCCCCCCCCCC[N+](C)(C)C.CCCCCCCCCCCCc1ccccc1S(=O)(=O)[O-].Cc1ccc(S(=O)(=O)[O-])cc1. The maximum atomic E-state index is 11.2. The van der Waals surface area contributed by atoms with Crippen molar-refractivity contribution in [2.75, 3.05) is 27.7 Å². The highest BCUT2D eigenvalue weighted by atomic mass is 32.2. The Bertz CT molecular complexity index is 1350. The Labute approximate surface area is 327 Å². The standard InChI is InChI=1S/C19H42N.C18H30O3S.C7H8O3S/c1-5-6-7-8-9-10-11-12-13-14-15-16-17-18-19-20(2,3)4;1-2-3-4-5-6-7-8-9-10-11-14-17-15-12-13-16-18(17)22(19,20)21;1-6-2-4-7(5-3-6)11(8,9)10/h5-19H2,1-4H3;12-13,15-16H,2-11,14H2,1H3,(H,19,20,21);2-5H,1H3,(H,8,9,10)/q+1;;/p-2. The number of rotatable bonds is 28. The summed E-state index contributed by atoms with van der Waals surface area (Å²) >= 11 is 0. The summed E-state index contributed by atoms with van der Waals surface area (Å²) in [5.74, 6) is 0. The first-order valence-corrected chi connectivity index (χ1v) is 23.8. The predicted octanol–water partition coefficient (Wildman–Crippen LogP) is 12.1. The van der Waals surface area contributed by atoms with Crippen LogP contribution < -0.4 is 0 Å². The minimum absolute atomic E-state index is 0.0501. The van der Waals surface area contributed by atoms with Crippen molar-refractivity contribution >= 4 is 20.2 Å². The molecule has 2 aromatic carbocycles. The Balaban J connectivity index is 0.000000805. The maximum absolute atomic E-state index is 11.2. The van der Waals surface area contributed by atoms with E-state index < -0.39 is 20.2 Å². The van der Waals surface area contributed by atoms with Gasteiger partial charge in [-0.05, 0) is 56.4 Å². The van der Waals surface area contributed by atoms with E-state index in [4.69, 9.17) is 0 Å². The molecule has 9 heteroatoms. The van der Waals surface area contributed by atoms with Gasteiger partial charge in [0, 0.05) is 0 Å². The number of nitrogens with zero attached hydrogens (tertiary/aromatic N) is 1. The summed E-state index contributed by atoms with van der Waals surface area (Å²) in [5, 5.41) is 0. The van der Waals surface area contributed by atoms with Crippen LogP contribution in [0.2, 0.25) is 0 Å². The minimum atomic E-state index is -4.35. The largest absolute Gasteiger partial charge is 0.744 e. The van der Waals surface area contributed by atoms with E-state index in [0.29, 0.717) is 12.0 Å². The van der Waals surface area contributed by atoms with Crippen LogP contribution in [0.3, 0.4) is 0 Å². The molecular weight excluding hydrogens is 703 g/mol. The zero-order valence-corrected chi connectivity index (χ0v) is 36.3. The lowest BCUT2D eigenvalue weighted by molar-refractivity contribution is -0.870. The first-order chi connectivity index (χ1) is 25.1. The molecule has 0 heterocycles. The zero-order valence-electron chi connectivity index (χ0n) is 34.7. The van der Waals surface area contributed by atoms with Crippen LogP contribution in [0.25, 0.3) is 0 Å². The van der Waals surface area contributed by atoms with Crippen LogP contribution in [0.1, 0.15) is 179 Å². The Hall–Kier alpha value is -1.78. The van der Waals surface area contributed by atoms with Crippen molar-refractivity contribution in [2.24, 2.45) is 0 Å². The monoisotopic (exact) mass is 781 g/mol. The topological polar surface area (TPSA) is 114 Å². The van der Waals surface area contributed by atoms with Crippen molar-refractivity contribution in [1.82, 2.24) is 0 Å². The number of aryl methyl sites for hydroxylation is 2. The van der Waals surface area contributed by atoms with Crippen molar-refractivity contribution in [1.29, 1.82) is 0 Å². The molecule has 0 N–H and O–H groups in total. The number of benzene rings is 2. The minimum Gasteiger partial charge on any atom is -0.744 e. The third-order valence-corrected chi connectivity index (χ3v) is 11.3. The summed E-state index contributed by atoms with van der Waals surface area (Å²) in [6.45, 7) is 7.68. The molecule has 53 heavy (non-hydrogen) atoms. The molecule has 0 spiro atoms. The molecule has 0 amide bonds. The molecule has 0 bridgehead atoms. The third-order valence-electron chi connectivity index (χ3n) is 9.53. The van der Waals surface area contributed by atoms with E-state index in [1.54, 1.807) is 30.3 Å². The van der Waals surface area contributed by atoms with Crippen LogP contribution in [0.4, 0.5) is 0 Å². The van der Waals surface area contributed by atoms with Gasteiger partial charge in [0.15, 0.2) is 0 Å². The van der Waals surface area contributed by atoms with E-state index in [1.165, 1.54) is 166 Å². The second kappa shape index (κ2) is 31.4. The number of hydrogen-bond acceptors (Lipinski definition) is 6. The van der Waals surface area contributed by atoms with Crippen LogP contribution in [-0.2, 0) is 26.7 Å². The molecule has 0 aliphatic rings. The summed E-state index contributed by atoms with van der Waals surface area (Å²) in [4.78, 5) is -0.228. The second-order valence-electron chi connectivity index (χ2n) is 15.9. The molecule has 0 radical (unpaired) electrons. The van der Waals surface area contributed by atoms with Gasteiger partial charge in [-0.25, -0.2) is 16.8 Å². The lowest BCUT2D eigenvalue weighted by atomic mass is 10.0. The van der Waals surface area contributed by atoms with Gasteiger partial charge in [-0.2, -0.15) is 0 Å². The molecule has 0 atom stereocenters. The average molecular weight is 781 g/mol. The molecular formula is C44H78NO6S2-. The Morgan fingerprint density at radius 2 is 0.830 bits per heavy atom. The fraction of sp³-hybridized carbons (Fsp3) is 0.727. The van der Waals surface area contributed by atoms with Gasteiger partial charge in [0.1, 0.15) is 20.2 Å². The van der Waals surface area contributed by atoms with Crippen LogP contribution in [0, 0.1) is 6.92 Å². The van der Waals surface area contributed by atoms with Crippen molar-refractivity contribution in [3.8, 4) is 0 Å². The molecule has 0 aromatic heterocycles. The highest BCUT2D eigenvalue weighted by Gasteiger charge is 2.08. The van der Waals surface area contributed by atoms with Gasteiger partial charge >= 0.3 is 0 Å². The zero-order chi connectivity index (χ0) is 39.9. The smallest absolute Gasteiger partial charge is 0.124 e. The molecule has 308 valence electrons. The predicted molar refractivity (Wildman–Crippen MR) is 222 cm³/mol. The fourth-order valence-electron chi connectivity index (χ4n) is 6.24. The Morgan fingerprint density at radius 3 is 1.19 bits per heavy atom. The van der Waals surface area contributed by atoms with Crippen molar-refractivity contribution in [2.45, 2.75) is 191 Å². The van der Waals surface area contributed by atoms with E-state index in [0.717, 1.165) is 22.9 Å². The van der Waals surface area contributed by atoms with Gasteiger partial charge in [0.05, 0.1) is 37.5 Å². The van der Waals surface area contributed by atoms with Crippen molar-refractivity contribution in [3.05, 3.63) is 59.7 Å². The number of hydrogen-bond donors (Lipinski definition) is 0. The Kier molecular flexibility index (Phi) is 30.4. The number of unbranched alkanes of at least 4 members (excludes halogenated alkanes) is 22. The van der Waals surface area contributed by atoms with Gasteiger partial charge in [0.25, 0.3) is 0 Å². The van der Waals surface area contributed by atoms with Crippen LogP contribution in [0.5, 0.6) is 0 Å². The van der Waals surface area contributed by atoms with E-state index in [-0.39, 0.29) is 9.79 Å². The number of quaternary nitrogens is 1. The Morgan fingerprint density at radius 1 is 0.472 bits per heavy atom. The summed E-state index contributed by atoms with van der Waals surface area (Å²) in [6, 6.07) is 12.3. The highest BCUT2D eigenvalue weighted by molar-refractivity contribution is 7.86. The molecule has 0 saturated carbocycles. The summed E-state index contributed by atoms with van der Waals surface area (Å²) in [6.07, 6.45) is 33.5. The van der Waals surface area contributed by atoms with E-state index >= 15 is 0 Å². The summed E-state index contributed by atoms with van der Waals surface area (Å²) < 4.78 is 65.8. The second-order valence-corrected chi connectivity index (χ2v) is 18.6. The van der Waals surface area contributed by atoms with Gasteiger partial charge in [-0.15, -0.1) is 0 Å². The average Bonchev–Trinajstić information content (AvgIpc) is 3.09. The molecule has 0 aliphatic heterocycles. The lowest BCUT2D eigenvalue weighted by Gasteiger charge is -2.23. The van der Waals surface area contributed by atoms with E-state index in [1.807, 2.05) is 6.92 Å². The fourth-order valence-corrected chi connectivity index (χ4v) is 7.45. The first-order valence-electron chi connectivity index (χ1n) is 21.0. The summed E-state index contributed by atoms with van der Waals surface area (Å²) in [7, 11) is -1.73. The highest BCUT2D eigenvalue weighted by Crippen LogP contribution is 2.19. The van der Waals surface area contributed by atoms with Gasteiger partial charge < -0.3 is 13.6 Å². The van der Waals surface area contributed by atoms with Crippen LogP contribution in [0.15, 0.2) is 58.3 Å². The summed E-state index contributed by atoms with van der Waals surface area (Å²) in [5.41, 5.74) is 1.59. The molecule has 2 aromatic rings. The first kappa shape index (κ1) is 51.2. The van der Waals surface area contributed by atoms with E-state index in [9.17, 15) is 25.9 Å². The lowest BCUT2D eigenvalue weighted by Crippen LogP contribution is -2.35. The van der Waals surface area contributed by atoms with Crippen molar-refractivity contribution in [3.63, 3.8) is 0 Å². The molecule has 0 unspecified atom stereocenters. The molecule has 7 nitrogen and oxygen atoms in total. The molecule has 0 saturated heterocycles. The van der Waals surface area contributed by atoms with Crippen molar-refractivity contribution < 1.29 is 30.4 Å². The van der Waals surface area contributed by atoms with Gasteiger partial charge in [-0.3, -0.25) is 0 Å².